The van der Waals surface area contributed by atoms with E-state index in [0.717, 1.165) is 23.5 Å². The summed E-state index contributed by atoms with van der Waals surface area (Å²) in [6, 6.07) is 19.3. The molecule has 2 aromatic carbocycles. The smallest absolute Gasteiger partial charge is 0.152 e. The molecular weight excluding hydrogens is 363 g/mol. The molecule has 0 saturated heterocycles. The number of allylic oxidation sites excluding steroid dienone is 1. The molecule has 0 spiro atoms. The molecule has 1 N–H and O–H groups in total. The highest BCUT2D eigenvalue weighted by atomic mass is 31.2. The van der Waals surface area contributed by atoms with Gasteiger partial charge in [-0.15, -0.1) is 0 Å². The van der Waals surface area contributed by atoms with Gasteiger partial charge in [-0.1, -0.05) is 118 Å². The number of aliphatic hydroxyl groups excluding tert-OH is 1. The van der Waals surface area contributed by atoms with Crippen LogP contribution in [-0.2, 0) is 4.57 Å². The van der Waals surface area contributed by atoms with E-state index in [9.17, 15) is 9.67 Å². The Hall–Kier alpha value is -1.63. The lowest BCUT2D eigenvalue weighted by Crippen LogP contribution is -2.33. The van der Waals surface area contributed by atoms with Gasteiger partial charge < -0.3 is 9.67 Å². The number of hydrogen-bond acceptors (Lipinski definition) is 2. The van der Waals surface area contributed by atoms with Crippen LogP contribution in [0.1, 0.15) is 58.8 Å². The average Bonchev–Trinajstić information content (AvgIpc) is 2.75. The number of aliphatic hydroxyl groups is 1. The van der Waals surface area contributed by atoms with E-state index >= 15 is 0 Å². The van der Waals surface area contributed by atoms with Crippen LogP contribution in [0.2, 0.25) is 0 Å². The maximum absolute atomic E-state index is 14.5. The van der Waals surface area contributed by atoms with E-state index in [1.54, 1.807) is 0 Å². The summed E-state index contributed by atoms with van der Waals surface area (Å²) in [5.74, 6) is 0. The maximum atomic E-state index is 14.5. The Morgan fingerprint density at radius 3 is 1.86 bits per heavy atom. The highest BCUT2D eigenvalue weighted by Gasteiger charge is 2.38. The van der Waals surface area contributed by atoms with Crippen molar-refractivity contribution in [2.75, 3.05) is 0 Å². The van der Waals surface area contributed by atoms with Crippen molar-refractivity contribution in [3.63, 3.8) is 0 Å². The summed E-state index contributed by atoms with van der Waals surface area (Å²) >= 11 is 0. The van der Waals surface area contributed by atoms with Crippen LogP contribution >= 0.6 is 7.14 Å². The van der Waals surface area contributed by atoms with Crippen molar-refractivity contribution in [1.82, 2.24) is 0 Å². The molecule has 3 heteroatoms. The van der Waals surface area contributed by atoms with Crippen LogP contribution in [0.5, 0.6) is 0 Å². The van der Waals surface area contributed by atoms with Gasteiger partial charge in [-0.25, -0.2) is 0 Å². The van der Waals surface area contributed by atoms with E-state index in [1.165, 1.54) is 25.7 Å². The first kappa shape index (κ1) is 22.7. The summed E-state index contributed by atoms with van der Waals surface area (Å²) in [5, 5.41) is 12.7. The van der Waals surface area contributed by atoms with E-state index in [0.29, 0.717) is 6.42 Å². The quantitative estimate of drug-likeness (QED) is 0.268. The first-order chi connectivity index (χ1) is 13.6. The molecule has 2 nitrogen and oxygen atoms in total. The van der Waals surface area contributed by atoms with Crippen LogP contribution in [0, 0.1) is 0 Å². The normalized spacial score (nSPS) is 14.2. The third-order valence-electron chi connectivity index (χ3n) is 5.34. The Balaban J connectivity index is 2.26. The summed E-state index contributed by atoms with van der Waals surface area (Å²) in [5.41, 5.74) is -0.405. The Labute approximate surface area is 171 Å². The average molecular weight is 399 g/mol. The van der Waals surface area contributed by atoms with Crippen LogP contribution in [0.4, 0.5) is 0 Å². The molecule has 152 valence electrons. The molecule has 0 amide bonds. The Morgan fingerprint density at radius 2 is 1.36 bits per heavy atom. The standard InChI is InChI=1S/C25H35O2P/c1-3-5-6-7-8-15-21-24(26)25(16-4-2)28(27,22-17-11-9-12-18-22)23-19-13-10-14-20-23/h4,9-14,16-20,24-26H,3,5-8,15,21H2,1-2H3/b16-4+/t24-,25+/m1/s1. The molecule has 2 aromatic rings. The zero-order valence-electron chi connectivity index (χ0n) is 17.3. The number of hydrogen-bond donors (Lipinski definition) is 1. The molecule has 0 aromatic heterocycles. The minimum atomic E-state index is -3.01. The van der Waals surface area contributed by atoms with Gasteiger partial charge in [0.1, 0.15) is 0 Å². The summed E-state index contributed by atoms with van der Waals surface area (Å²) in [4.78, 5) is 0. The molecule has 0 saturated carbocycles. The predicted octanol–water partition coefficient (Wildman–Crippen LogP) is 6.06. The highest BCUT2D eigenvalue weighted by Crippen LogP contribution is 2.51. The molecule has 0 unspecified atom stereocenters. The molecule has 2 rings (SSSR count). The SMILES string of the molecule is C/C=C/[C@@H]([C@H](O)CCCCCCCC)P(=O)(c1ccccc1)c1ccccc1. The topological polar surface area (TPSA) is 37.3 Å². The molecule has 0 aliphatic carbocycles. The first-order valence-electron chi connectivity index (χ1n) is 10.7. The van der Waals surface area contributed by atoms with Gasteiger partial charge in [-0.3, -0.25) is 0 Å². The van der Waals surface area contributed by atoms with Gasteiger partial charge in [-0.2, -0.15) is 0 Å². The molecule has 0 aliphatic heterocycles. The summed E-state index contributed by atoms with van der Waals surface area (Å²) < 4.78 is 14.5. The van der Waals surface area contributed by atoms with Crippen molar-refractivity contribution in [2.24, 2.45) is 0 Å². The van der Waals surface area contributed by atoms with Gasteiger partial charge in [0.15, 0.2) is 7.14 Å². The Bertz CT molecular complexity index is 696. The first-order valence-corrected chi connectivity index (χ1v) is 12.4. The van der Waals surface area contributed by atoms with Gasteiger partial charge in [0.2, 0.25) is 0 Å². The number of unbranched alkanes of at least 4 members (excludes halogenated alkanes) is 5. The van der Waals surface area contributed by atoms with Crippen molar-refractivity contribution in [3.05, 3.63) is 72.8 Å². The Morgan fingerprint density at radius 1 is 0.857 bits per heavy atom. The van der Waals surface area contributed by atoms with Gasteiger partial charge in [0.05, 0.1) is 11.8 Å². The van der Waals surface area contributed by atoms with Crippen molar-refractivity contribution in [1.29, 1.82) is 0 Å². The largest absolute Gasteiger partial charge is 0.392 e. The maximum Gasteiger partial charge on any atom is 0.152 e. The third-order valence-corrected chi connectivity index (χ3v) is 8.82. The van der Waals surface area contributed by atoms with Crippen LogP contribution < -0.4 is 10.6 Å². The molecule has 28 heavy (non-hydrogen) atoms. The van der Waals surface area contributed by atoms with Crippen LogP contribution in [0.25, 0.3) is 0 Å². The molecule has 2 atom stereocenters. The van der Waals surface area contributed by atoms with Crippen molar-refractivity contribution in [3.8, 4) is 0 Å². The second-order valence-corrected chi connectivity index (χ2v) is 10.4. The van der Waals surface area contributed by atoms with Crippen molar-refractivity contribution < 1.29 is 9.67 Å². The monoisotopic (exact) mass is 398 g/mol. The van der Waals surface area contributed by atoms with E-state index in [4.69, 9.17) is 0 Å². The summed E-state index contributed by atoms with van der Waals surface area (Å²) in [6.07, 6.45) is 11.0. The zero-order chi connectivity index (χ0) is 20.2. The summed E-state index contributed by atoms with van der Waals surface area (Å²) in [6.45, 7) is 4.15. The second-order valence-electron chi connectivity index (χ2n) is 7.47. The van der Waals surface area contributed by atoms with E-state index in [-0.39, 0.29) is 0 Å². The van der Waals surface area contributed by atoms with Crippen LogP contribution in [0.15, 0.2) is 72.8 Å². The fraction of sp³-hybridized carbons (Fsp3) is 0.440. The molecule has 0 bridgehead atoms. The molecule has 0 radical (unpaired) electrons. The van der Waals surface area contributed by atoms with Crippen molar-refractivity contribution >= 4 is 17.8 Å². The van der Waals surface area contributed by atoms with Gasteiger partial charge >= 0.3 is 0 Å². The van der Waals surface area contributed by atoms with E-state index < -0.39 is 18.9 Å². The van der Waals surface area contributed by atoms with E-state index in [2.05, 4.69) is 6.92 Å². The lowest BCUT2D eigenvalue weighted by molar-refractivity contribution is 0.166. The molecule has 0 aliphatic rings. The Kier molecular flexibility index (Phi) is 9.75. The number of rotatable bonds is 12. The fourth-order valence-electron chi connectivity index (χ4n) is 3.79. The van der Waals surface area contributed by atoms with Gasteiger partial charge in [0.25, 0.3) is 0 Å². The second kappa shape index (κ2) is 12.0. The predicted molar refractivity (Wildman–Crippen MR) is 122 cm³/mol. The molecule has 0 heterocycles. The van der Waals surface area contributed by atoms with E-state index in [1.807, 2.05) is 79.7 Å². The summed E-state index contributed by atoms with van der Waals surface area (Å²) in [7, 11) is -3.01. The zero-order valence-corrected chi connectivity index (χ0v) is 18.2. The molecular formula is C25H35O2P. The minimum absolute atomic E-state index is 0.405. The van der Waals surface area contributed by atoms with Crippen LogP contribution in [-0.4, -0.2) is 16.9 Å². The van der Waals surface area contributed by atoms with Gasteiger partial charge in [0, 0.05) is 10.6 Å². The lowest BCUT2D eigenvalue weighted by Gasteiger charge is -2.30. The lowest BCUT2D eigenvalue weighted by atomic mass is 10.1. The minimum Gasteiger partial charge on any atom is -0.392 e. The third kappa shape index (κ3) is 5.93. The molecule has 0 fully saturated rings. The van der Waals surface area contributed by atoms with Crippen molar-refractivity contribution in [2.45, 2.75) is 70.6 Å². The van der Waals surface area contributed by atoms with Crippen LogP contribution in [0.3, 0.4) is 0 Å². The number of benzene rings is 2. The fourth-order valence-corrected chi connectivity index (χ4v) is 7.05. The van der Waals surface area contributed by atoms with Gasteiger partial charge in [-0.05, 0) is 13.3 Å². The highest BCUT2D eigenvalue weighted by molar-refractivity contribution is 7.79.